The highest BCUT2D eigenvalue weighted by Crippen LogP contribution is 2.36. The zero-order valence-corrected chi connectivity index (χ0v) is 29.1. The monoisotopic (exact) mass is 710 g/mol. The van der Waals surface area contributed by atoms with Crippen LogP contribution in [0, 0.1) is 17.2 Å². The predicted octanol–water partition coefficient (Wildman–Crippen LogP) is 4.91. The third kappa shape index (κ3) is 6.24. The Bertz CT molecular complexity index is 2420. The molecule has 3 aliphatic rings. The summed E-state index contributed by atoms with van der Waals surface area (Å²) in [4.78, 5) is 50.4. The Hall–Kier alpha value is -6.14. The van der Waals surface area contributed by atoms with Gasteiger partial charge >= 0.3 is 6.03 Å². The molecule has 5 aromatic heterocycles. The summed E-state index contributed by atoms with van der Waals surface area (Å²) in [5.41, 5.74) is 4.75. The van der Waals surface area contributed by atoms with Gasteiger partial charge in [-0.2, -0.15) is 15.5 Å². The van der Waals surface area contributed by atoms with E-state index in [2.05, 4.69) is 42.6 Å². The second-order valence-corrected chi connectivity index (χ2v) is 14.4. The molecule has 15 nitrogen and oxygen atoms in total. The highest BCUT2D eigenvalue weighted by Gasteiger charge is 2.30. The van der Waals surface area contributed by atoms with Gasteiger partial charge in [-0.1, -0.05) is 6.07 Å². The zero-order chi connectivity index (χ0) is 36.1. The maximum absolute atomic E-state index is 13.1. The van der Waals surface area contributed by atoms with Crippen LogP contribution < -0.4 is 15.5 Å². The number of pyridine rings is 1. The van der Waals surface area contributed by atoms with Crippen molar-refractivity contribution in [3.05, 3.63) is 84.2 Å². The first-order valence-electron chi connectivity index (χ1n) is 18.2. The van der Waals surface area contributed by atoms with E-state index in [1.165, 1.54) is 22.5 Å². The molecular formula is C38H38N12O3. The van der Waals surface area contributed by atoms with Crippen molar-refractivity contribution >= 4 is 51.5 Å². The van der Waals surface area contributed by atoms with Gasteiger partial charge in [0, 0.05) is 49.2 Å². The van der Waals surface area contributed by atoms with Gasteiger partial charge in [0.05, 0.1) is 35.7 Å². The predicted molar refractivity (Wildman–Crippen MR) is 195 cm³/mol. The third-order valence-corrected chi connectivity index (χ3v) is 11.1. The minimum Gasteiger partial charge on any atom is -0.322 e. The quantitative estimate of drug-likeness (QED) is 0.234. The first kappa shape index (κ1) is 32.7. The molecule has 53 heavy (non-hydrogen) atoms. The number of hydrogen-bond donors (Lipinski definition) is 2. The van der Waals surface area contributed by atoms with Gasteiger partial charge in [-0.15, -0.1) is 0 Å². The number of hydrogen-bond acceptors (Lipinski definition) is 9. The van der Waals surface area contributed by atoms with E-state index in [1.807, 2.05) is 40.9 Å². The van der Waals surface area contributed by atoms with Crippen molar-refractivity contribution in [1.29, 1.82) is 5.26 Å². The Morgan fingerprint density at radius 1 is 0.962 bits per heavy atom. The molecule has 7 heterocycles. The summed E-state index contributed by atoms with van der Waals surface area (Å²) in [7, 11) is 0. The number of nitriles is 1. The number of urea groups is 1. The molecule has 2 N–H and O–H groups in total. The average molecular weight is 711 g/mol. The normalized spacial score (nSPS) is 20.2. The van der Waals surface area contributed by atoms with E-state index in [0.29, 0.717) is 52.7 Å². The lowest BCUT2D eigenvalue weighted by atomic mass is 9.84. The molecule has 2 saturated heterocycles. The number of fused-ring (bicyclic) bond motifs is 3. The number of nitrogens with zero attached hydrogens (tertiary/aromatic N) is 10. The van der Waals surface area contributed by atoms with Gasteiger partial charge in [0.1, 0.15) is 23.1 Å². The van der Waals surface area contributed by atoms with Crippen molar-refractivity contribution in [3.63, 3.8) is 0 Å². The van der Waals surface area contributed by atoms with E-state index < -0.39 is 6.03 Å². The highest BCUT2D eigenvalue weighted by atomic mass is 16.2. The van der Waals surface area contributed by atoms with E-state index in [0.717, 1.165) is 74.7 Å². The molecule has 6 aromatic rings. The van der Waals surface area contributed by atoms with Crippen molar-refractivity contribution in [2.45, 2.75) is 56.9 Å². The molecule has 1 aromatic carbocycles. The van der Waals surface area contributed by atoms with Gasteiger partial charge in [0.25, 0.3) is 5.91 Å². The van der Waals surface area contributed by atoms with E-state index in [4.69, 9.17) is 15.3 Å². The first-order valence-corrected chi connectivity index (χ1v) is 18.2. The molecule has 0 atom stereocenters. The van der Waals surface area contributed by atoms with Gasteiger partial charge in [-0.05, 0) is 93.3 Å². The number of benzene rings is 1. The SMILES string of the molecule is N#Cc1cnc2c(C(=O)Nc3ccc4nn(C5CCC(CN6CCC(c7cccn8c(N9CCC(=O)NC9=O)cnc78)CC6)CC5)cc4c3)cnn2c1. The van der Waals surface area contributed by atoms with E-state index in [9.17, 15) is 14.4 Å². The second kappa shape index (κ2) is 13.4. The van der Waals surface area contributed by atoms with Crippen LogP contribution in [0.25, 0.3) is 22.2 Å². The van der Waals surface area contributed by atoms with Crippen molar-refractivity contribution < 1.29 is 14.4 Å². The lowest BCUT2D eigenvalue weighted by Gasteiger charge is -2.36. The number of aromatic nitrogens is 7. The minimum absolute atomic E-state index is 0.245. The van der Waals surface area contributed by atoms with E-state index >= 15 is 0 Å². The van der Waals surface area contributed by atoms with Gasteiger partial charge < -0.3 is 10.2 Å². The standard InChI is InChI=1S/C38H38N12O3/c39-17-25-18-40-36-31(19-42-50(36)22-25)37(52)43-28-5-8-32-27(16-28)23-49(45-32)29-6-3-24(4-7-29)21-46-13-9-26(10-14-46)30-2-1-12-47-34(20-41-35(30)47)48-15-11-33(51)44-38(48)53/h1-2,5,8,12,16,18-20,22-24,26,29H,3-4,6-7,9-11,13-15,21H2,(H,43,52)(H,44,51,53). The van der Waals surface area contributed by atoms with Crippen LogP contribution in [0.5, 0.6) is 0 Å². The fraction of sp³-hybridized carbons (Fsp3) is 0.368. The summed E-state index contributed by atoms with van der Waals surface area (Å²) in [5.74, 6) is 1.19. The first-order chi connectivity index (χ1) is 25.9. The molecule has 0 spiro atoms. The largest absolute Gasteiger partial charge is 0.329 e. The molecule has 0 unspecified atom stereocenters. The molecule has 0 radical (unpaired) electrons. The highest BCUT2D eigenvalue weighted by molar-refractivity contribution is 6.08. The van der Waals surface area contributed by atoms with Crippen LogP contribution in [0.4, 0.5) is 16.3 Å². The number of rotatable bonds is 7. The number of carbonyl (C=O) groups excluding carboxylic acids is 3. The van der Waals surface area contributed by atoms with Crippen molar-refractivity contribution in [2.24, 2.45) is 5.92 Å². The molecule has 0 bridgehead atoms. The van der Waals surface area contributed by atoms with Crippen LogP contribution >= 0.6 is 0 Å². The molecule has 4 amide bonds. The molecule has 268 valence electrons. The van der Waals surface area contributed by atoms with Crippen LogP contribution in [0.2, 0.25) is 0 Å². The fourth-order valence-electron chi connectivity index (χ4n) is 8.31. The Labute approximate surface area is 304 Å². The summed E-state index contributed by atoms with van der Waals surface area (Å²) >= 11 is 0. The van der Waals surface area contributed by atoms with Gasteiger partial charge in [-0.3, -0.25) is 28.9 Å². The summed E-state index contributed by atoms with van der Waals surface area (Å²) in [5, 5.41) is 24.5. The number of carbonyl (C=O) groups is 3. The van der Waals surface area contributed by atoms with E-state index in [-0.39, 0.29) is 18.2 Å². The van der Waals surface area contributed by atoms with Crippen molar-refractivity contribution in [1.82, 2.24) is 44.0 Å². The van der Waals surface area contributed by atoms with Crippen LogP contribution in [0.15, 0.2) is 67.5 Å². The zero-order valence-electron chi connectivity index (χ0n) is 29.1. The second-order valence-electron chi connectivity index (χ2n) is 14.4. The maximum atomic E-state index is 13.1. The Morgan fingerprint density at radius 2 is 1.79 bits per heavy atom. The number of amides is 4. The summed E-state index contributed by atoms with van der Waals surface area (Å²) in [6.07, 6.45) is 17.1. The fourth-order valence-corrected chi connectivity index (χ4v) is 8.31. The Morgan fingerprint density at radius 3 is 2.60 bits per heavy atom. The number of anilines is 2. The van der Waals surface area contributed by atoms with Crippen LogP contribution in [-0.2, 0) is 4.79 Å². The Balaban J connectivity index is 0.781. The number of imide groups is 1. The van der Waals surface area contributed by atoms with Crippen molar-refractivity contribution in [3.8, 4) is 6.07 Å². The number of likely N-dealkylation sites (tertiary alicyclic amines) is 1. The lowest BCUT2D eigenvalue weighted by Crippen LogP contribution is -2.50. The molecule has 2 aliphatic heterocycles. The topological polar surface area (TPSA) is 171 Å². The molecule has 3 fully saturated rings. The molecule has 1 saturated carbocycles. The summed E-state index contributed by atoms with van der Waals surface area (Å²) in [6, 6.07) is 11.9. The number of piperidine rings is 1. The van der Waals surface area contributed by atoms with Gasteiger partial charge in [0.15, 0.2) is 5.65 Å². The molecule has 9 rings (SSSR count). The van der Waals surface area contributed by atoms with Crippen molar-refractivity contribution in [2.75, 3.05) is 36.4 Å². The summed E-state index contributed by atoms with van der Waals surface area (Å²) in [6.45, 7) is 3.57. The maximum Gasteiger partial charge on any atom is 0.329 e. The van der Waals surface area contributed by atoms with Gasteiger partial charge in [0.2, 0.25) is 5.91 Å². The minimum atomic E-state index is -0.400. The molecule has 1 aliphatic carbocycles. The van der Waals surface area contributed by atoms with Crippen LogP contribution in [0.1, 0.15) is 78.4 Å². The number of nitrogens with one attached hydrogen (secondary N) is 2. The Kier molecular flexibility index (Phi) is 8.31. The van der Waals surface area contributed by atoms with Gasteiger partial charge in [-0.25, -0.2) is 19.3 Å². The smallest absolute Gasteiger partial charge is 0.322 e. The molecular weight excluding hydrogens is 672 g/mol. The lowest BCUT2D eigenvalue weighted by molar-refractivity contribution is -0.120. The number of imidazole rings is 1. The molecule has 15 heteroatoms. The average Bonchev–Trinajstić information content (AvgIpc) is 3.92. The summed E-state index contributed by atoms with van der Waals surface area (Å²) < 4.78 is 5.52. The van der Waals surface area contributed by atoms with Crippen LogP contribution in [-0.4, -0.2) is 82.7 Å². The third-order valence-electron chi connectivity index (χ3n) is 11.1. The van der Waals surface area contributed by atoms with Crippen LogP contribution in [0.3, 0.4) is 0 Å². The van der Waals surface area contributed by atoms with E-state index in [1.54, 1.807) is 17.3 Å².